The molecule has 0 unspecified atom stereocenters. The minimum absolute atomic E-state index is 0.0112. The van der Waals surface area contributed by atoms with Gasteiger partial charge in [0.1, 0.15) is 23.7 Å². The Morgan fingerprint density at radius 2 is 2.12 bits per heavy atom. The highest BCUT2D eigenvalue weighted by molar-refractivity contribution is 5.98. The number of carbonyl (C=O) groups is 1. The lowest BCUT2D eigenvalue weighted by Gasteiger charge is -2.36. The smallest absolute Gasteiger partial charge is 0.256 e. The third kappa shape index (κ3) is 4.09. The van der Waals surface area contributed by atoms with Crippen molar-refractivity contribution in [3.8, 4) is 11.5 Å². The van der Waals surface area contributed by atoms with Crippen molar-refractivity contribution in [1.29, 1.82) is 0 Å². The number of rotatable bonds is 4. The molecule has 0 aromatic heterocycles. The van der Waals surface area contributed by atoms with E-state index in [4.69, 9.17) is 14.2 Å². The molecule has 138 valence electrons. The van der Waals surface area contributed by atoms with Gasteiger partial charge in [-0.1, -0.05) is 19.8 Å². The van der Waals surface area contributed by atoms with Crippen molar-refractivity contribution in [1.82, 2.24) is 0 Å². The summed E-state index contributed by atoms with van der Waals surface area (Å²) in [5.74, 6) is 2.09. The number of nitrogens with zero attached hydrogens (tertiary/aromatic N) is 1. The van der Waals surface area contributed by atoms with Crippen LogP contribution in [0.4, 0.5) is 5.69 Å². The molecule has 0 bridgehead atoms. The van der Waals surface area contributed by atoms with Gasteiger partial charge in [-0.2, -0.15) is 0 Å². The first-order valence-corrected chi connectivity index (χ1v) is 9.29. The summed E-state index contributed by atoms with van der Waals surface area (Å²) < 4.78 is 17.3. The third-order valence-electron chi connectivity index (χ3n) is 5.12. The predicted molar refractivity (Wildman–Crippen MR) is 97.4 cm³/mol. The van der Waals surface area contributed by atoms with Crippen molar-refractivity contribution in [3.05, 3.63) is 18.2 Å². The number of carbonyl (C=O) groups excluding carboxylic acids is 1. The number of hydrogen-bond acceptors (Lipinski definition) is 4. The van der Waals surface area contributed by atoms with Gasteiger partial charge in [-0.05, 0) is 44.7 Å². The zero-order valence-corrected chi connectivity index (χ0v) is 15.7. The average molecular weight is 347 g/mol. The number of fused-ring (bicyclic) bond motifs is 1. The first-order chi connectivity index (χ1) is 12.0. The zero-order chi connectivity index (χ0) is 18.0. The van der Waals surface area contributed by atoms with Gasteiger partial charge in [-0.15, -0.1) is 0 Å². The van der Waals surface area contributed by atoms with Crippen LogP contribution in [0, 0.1) is 5.92 Å². The monoisotopic (exact) mass is 347 g/mol. The number of anilines is 1. The SMILES string of the molecule is COc1ccc2c(c1)N(C(=O)[C@H](C)O[C@@H]1CCC[C@H](C)C1)C[C@@H](C)O2. The third-order valence-corrected chi connectivity index (χ3v) is 5.12. The molecule has 1 aliphatic heterocycles. The van der Waals surface area contributed by atoms with Gasteiger partial charge in [-0.25, -0.2) is 0 Å². The highest BCUT2D eigenvalue weighted by atomic mass is 16.5. The highest BCUT2D eigenvalue weighted by Crippen LogP contribution is 2.37. The van der Waals surface area contributed by atoms with E-state index in [0.29, 0.717) is 24.0 Å². The van der Waals surface area contributed by atoms with Gasteiger partial charge in [0.05, 0.1) is 25.4 Å². The van der Waals surface area contributed by atoms with Crippen LogP contribution in [0.15, 0.2) is 18.2 Å². The summed E-state index contributed by atoms with van der Waals surface area (Å²) >= 11 is 0. The summed E-state index contributed by atoms with van der Waals surface area (Å²) in [7, 11) is 1.62. The zero-order valence-electron chi connectivity index (χ0n) is 15.7. The van der Waals surface area contributed by atoms with E-state index in [1.165, 1.54) is 12.8 Å². The fourth-order valence-corrected chi connectivity index (χ4v) is 3.82. The van der Waals surface area contributed by atoms with Crippen LogP contribution < -0.4 is 14.4 Å². The lowest BCUT2D eigenvalue weighted by Crippen LogP contribution is -2.47. The summed E-state index contributed by atoms with van der Waals surface area (Å²) in [5.41, 5.74) is 0.759. The molecule has 4 atom stereocenters. The Morgan fingerprint density at radius 1 is 1.32 bits per heavy atom. The molecule has 1 amide bonds. The number of hydrogen-bond donors (Lipinski definition) is 0. The number of amides is 1. The maximum atomic E-state index is 13.1. The van der Waals surface area contributed by atoms with Gasteiger partial charge in [0.2, 0.25) is 0 Å². The molecule has 1 aromatic carbocycles. The molecule has 5 nitrogen and oxygen atoms in total. The van der Waals surface area contributed by atoms with E-state index in [2.05, 4.69) is 6.92 Å². The van der Waals surface area contributed by atoms with Crippen LogP contribution in [-0.4, -0.2) is 37.9 Å². The highest BCUT2D eigenvalue weighted by Gasteiger charge is 2.33. The summed E-state index contributed by atoms with van der Waals surface area (Å²) in [6.07, 6.45) is 4.21. The molecule has 25 heavy (non-hydrogen) atoms. The van der Waals surface area contributed by atoms with Gasteiger partial charge in [0.15, 0.2) is 0 Å². The Balaban J connectivity index is 1.75. The lowest BCUT2D eigenvalue weighted by molar-refractivity contribution is -0.134. The Hall–Kier alpha value is -1.75. The van der Waals surface area contributed by atoms with Crippen molar-refractivity contribution in [2.24, 2.45) is 5.92 Å². The topological polar surface area (TPSA) is 48.0 Å². The van der Waals surface area contributed by atoms with Crippen molar-refractivity contribution >= 4 is 11.6 Å². The molecule has 0 saturated heterocycles. The second-order valence-electron chi connectivity index (χ2n) is 7.38. The van der Waals surface area contributed by atoms with Gasteiger partial charge in [0, 0.05) is 6.07 Å². The summed E-state index contributed by atoms with van der Waals surface area (Å²) in [6.45, 7) is 6.62. The maximum Gasteiger partial charge on any atom is 0.256 e. The Labute approximate surface area is 150 Å². The molecule has 2 aliphatic rings. The predicted octanol–water partition coefficient (Wildman–Crippen LogP) is 3.79. The van der Waals surface area contributed by atoms with Crippen molar-refractivity contribution in [2.75, 3.05) is 18.6 Å². The van der Waals surface area contributed by atoms with Crippen LogP contribution in [0.2, 0.25) is 0 Å². The van der Waals surface area contributed by atoms with Crippen LogP contribution in [0.3, 0.4) is 0 Å². The van der Waals surface area contributed by atoms with E-state index < -0.39 is 6.10 Å². The molecule has 1 aliphatic carbocycles. The molecular weight excluding hydrogens is 318 g/mol. The first kappa shape index (κ1) is 18.1. The summed E-state index contributed by atoms with van der Waals surface area (Å²) in [4.78, 5) is 14.8. The second kappa shape index (κ2) is 7.65. The van der Waals surface area contributed by atoms with Crippen LogP contribution in [0.5, 0.6) is 11.5 Å². The normalized spacial score (nSPS) is 27.2. The van der Waals surface area contributed by atoms with E-state index in [-0.39, 0.29) is 18.1 Å². The molecule has 3 rings (SSSR count). The van der Waals surface area contributed by atoms with Crippen molar-refractivity contribution in [3.63, 3.8) is 0 Å². The molecule has 0 spiro atoms. The van der Waals surface area contributed by atoms with E-state index >= 15 is 0 Å². The van der Waals surface area contributed by atoms with Gasteiger partial charge >= 0.3 is 0 Å². The van der Waals surface area contributed by atoms with Crippen LogP contribution in [0.25, 0.3) is 0 Å². The van der Waals surface area contributed by atoms with Gasteiger partial charge in [0.25, 0.3) is 5.91 Å². The molecule has 0 radical (unpaired) electrons. The maximum absolute atomic E-state index is 13.1. The fourth-order valence-electron chi connectivity index (χ4n) is 3.82. The molecule has 0 N–H and O–H groups in total. The van der Waals surface area contributed by atoms with Crippen molar-refractivity contribution in [2.45, 2.75) is 64.8 Å². The molecule has 1 aromatic rings. The van der Waals surface area contributed by atoms with E-state index in [1.54, 1.807) is 12.0 Å². The van der Waals surface area contributed by atoms with Gasteiger partial charge in [-0.3, -0.25) is 4.79 Å². The summed E-state index contributed by atoms with van der Waals surface area (Å²) in [6, 6.07) is 5.57. The molecule has 5 heteroatoms. The second-order valence-corrected chi connectivity index (χ2v) is 7.38. The summed E-state index contributed by atoms with van der Waals surface area (Å²) in [5, 5.41) is 0. The fraction of sp³-hybridized carbons (Fsp3) is 0.650. The molecule has 1 fully saturated rings. The van der Waals surface area contributed by atoms with Crippen LogP contribution in [0.1, 0.15) is 46.5 Å². The first-order valence-electron chi connectivity index (χ1n) is 9.29. The largest absolute Gasteiger partial charge is 0.497 e. The van der Waals surface area contributed by atoms with Gasteiger partial charge < -0.3 is 19.1 Å². The lowest BCUT2D eigenvalue weighted by atomic mass is 9.88. The van der Waals surface area contributed by atoms with E-state index in [1.807, 2.05) is 32.0 Å². The Bertz CT molecular complexity index is 618. The molecule has 1 saturated carbocycles. The Kier molecular flexibility index (Phi) is 5.52. The van der Waals surface area contributed by atoms with Crippen LogP contribution >= 0.6 is 0 Å². The van der Waals surface area contributed by atoms with E-state index in [9.17, 15) is 4.79 Å². The molecular formula is C20H29NO4. The number of benzene rings is 1. The minimum Gasteiger partial charge on any atom is -0.497 e. The average Bonchev–Trinajstić information content (AvgIpc) is 2.60. The molecule has 1 heterocycles. The standard InChI is InChI=1S/C20H29NO4/c1-13-6-5-7-17(10-13)25-15(3)20(22)21-12-14(2)24-19-9-8-16(23-4)11-18(19)21/h8-9,11,13-15,17H,5-7,10,12H2,1-4H3/t13-,14+,15-,17+/m0/s1. The minimum atomic E-state index is -0.459. The Morgan fingerprint density at radius 3 is 2.84 bits per heavy atom. The number of ether oxygens (including phenoxy) is 3. The van der Waals surface area contributed by atoms with Crippen molar-refractivity contribution < 1.29 is 19.0 Å². The van der Waals surface area contributed by atoms with E-state index in [0.717, 1.165) is 18.5 Å². The number of methoxy groups -OCH3 is 1. The van der Waals surface area contributed by atoms with Crippen LogP contribution in [-0.2, 0) is 9.53 Å². The quantitative estimate of drug-likeness (QED) is 0.831.